The Morgan fingerprint density at radius 1 is 1.07 bits per heavy atom. The highest BCUT2D eigenvalue weighted by atomic mass is 16.5. The molecular formula is C22H22N2O6. The van der Waals surface area contributed by atoms with Crippen LogP contribution in [0.2, 0.25) is 0 Å². The van der Waals surface area contributed by atoms with Crippen molar-refractivity contribution in [3.8, 4) is 16.9 Å². The molecule has 1 aliphatic rings. The summed E-state index contributed by atoms with van der Waals surface area (Å²) in [4.78, 5) is 26.6. The average Bonchev–Trinajstić information content (AvgIpc) is 3.22. The number of amides is 2. The molecule has 1 saturated heterocycles. The summed E-state index contributed by atoms with van der Waals surface area (Å²) in [5, 5.41) is 9.90. The zero-order chi connectivity index (χ0) is 21.3. The number of morpholine rings is 1. The maximum atomic E-state index is 12.6. The maximum absolute atomic E-state index is 12.6. The van der Waals surface area contributed by atoms with E-state index < -0.39 is 6.09 Å². The topological polar surface area (TPSA) is 92.5 Å². The van der Waals surface area contributed by atoms with Gasteiger partial charge in [0.25, 0.3) is 5.91 Å². The standard InChI is InChI=1S/C22H22N2O6/c1-23(22(26)27)19-13-17-11-16(12-18(28-2)20(17)30-19)14-3-5-15(6-4-14)21(25)24-7-9-29-10-8-24/h3-6,11-13H,7-10H2,1-2H3,(H,26,27). The fraction of sp³-hybridized carbons (Fsp3) is 0.273. The Hall–Kier alpha value is -3.52. The molecule has 0 unspecified atom stereocenters. The van der Waals surface area contributed by atoms with Gasteiger partial charge in [-0.1, -0.05) is 12.1 Å². The van der Waals surface area contributed by atoms with Gasteiger partial charge in [-0.2, -0.15) is 0 Å². The van der Waals surface area contributed by atoms with Gasteiger partial charge in [0.2, 0.25) is 5.88 Å². The van der Waals surface area contributed by atoms with Gasteiger partial charge in [-0.05, 0) is 35.4 Å². The summed E-state index contributed by atoms with van der Waals surface area (Å²) in [5.74, 6) is 0.703. The minimum absolute atomic E-state index is 0.00549. The van der Waals surface area contributed by atoms with Crippen LogP contribution in [0.4, 0.5) is 10.7 Å². The lowest BCUT2D eigenvalue weighted by Gasteiger charge is -2.26. The molecule has 3 aromatic rings. The summed E-state index contributed by atoms with van der Waals surface area (Å²) in [5.41, 5.74) is 2.88. The van der Waals surface area contributed by atoms with E-state index in [4.69, 9.17) is 13.9 Å². The lowest BCUT2D eigenvalue weighted by Crippen LogP contribution is -2.40. The number of rotatable bonds is 4. The Bertz CT molecular complexity index is 1080. The fourth-order valence-electron chi connectivity index (χ4n) is 3.44. The number of nitrogens with zero attached hydrogens (tertiary/aromatic N) is 2. The van der Waals surface area contributed by atoms with E-state index in [0.29, 0.717) is 43.2 Å². The first-order valence-electron chi connectivity index (χ1n) is 9.53. The average molecular weight is 410 g/mol. The van der Waals surface area contributed by atoms with E-state index in [-0.39, 0.29) is 11.8 Å². The van der Waals surface area contributed by atoms with Gasteiger partial charge in [0.15, 0.2) is 11.3 Å². The minimum Gasteiger partial charge on any atom is -0.493 e. The minimum atomic E-state index is -1.12. The highest BCUT2D eigenvalue weighted by Crippen LogP contribution is 2.37. The molecule has 8 nitrogen and oxygen atoms in total. The van der Waals surface area contributed by atoms with E-state index in [1.165, 1.54) is 14.2 Å². The van der Waals surface area contributed by atoms with Crippen LogP contribution in [0, 0.1) is 0 Å². The van der Waals surface area contributed by atoms with Crippen LogP contribution < -0.4 is 9.64 Å². The number of carbonyl (C=O) groups is 2. The first-order valence-corrected chi connectivity index (χ1v) is 9.53. The van der Waals surface area contributed by atoms with Gasteiger partial charge >= 0.3 is 6.09 Å². The van der Waals surface area contributed by atoms with Gasteiger partial charge in [-0.3, -0.25) is 9.69 Å². The van der Waals surface area contributed by atoms with Crippen LogP contribution in [0.1, 0.15) is 10.4 Å². The highest BCUT2D eigenvalue weighted by Gasteiger charge is 2.20. The third-order valence-corrected chi connectivity index (χ3v) is 5.17. The summed E-state index contributed by atoms with van der Waals surface area (Å²) in [6.45, 7) is 2.32. The van der Waals surface area contributed by atoms with Crippen LogP contribution in [-0.4, -0.2) is 62.5 Å². The number of carboxylic acid groups (broad SMARTS) is 1. The second kappa shape index (κ2) is 8.08. The summed E-state index contributed by atoms with van der Waals surface area (Å²) in [7, 11) is 2.95. The summed E-state index contributed by atoms with van der Waals surface area (Å²) in [6, 6.07) is 12.8. The largest absolute Gasteiger partial charge is 0.493 e. The van der Waals surface area contributed by atoms with Gasteiger partial charge in [-0.25, -0.2) is 4.79 Å². The first kappa shape index (κ1) is 19.8. The summed E-state index contributed by atoms with van der Waals surface area (Å²) in [6.07, 6.45) is -1.12. The SMILES string of the molecule is COc1cc(-c2ccc(C(=O)N3CCOCC3)cc2)cc2cc(N(C)C(=O)O)oc12. The molecule has 1 aliphatic heterocycles. The number of carbonyl (C=O) groups excluding carboxylic acids is 1. The van der Waals surface area contributed by atoms with Crippen LogP contribution in [0.5, 0.6) is 5.75 Å². The van der Waals surface area contributed by atoms with E-state index in [2.05, 4.69) is 0 Å². The Morgan fingerprint density at radius 3 is 2.40 bits per heavy atom. The molecule has 1 fully saturated rings. The van der Waals surface area contributed by atoms with Crippen molar-refractivity contribution in [1.82, 2.24) is 4.90 Å². The van der Waals surface area contributed by atoms with Gasteiger partial charge in [0.1, 0.15) is 0 Å². The van der Waals surface area contributed by atoms with Crippen LogP contribution in [-0.2, 0) is 4.74 Å². The van der Waals surface area contributed by atoms with Crippen LogP contribution >= 0.6 is 0 Å². The molecule has 156 valence electrons. The molecule has 0 atom stereocenters. The molecule has 2 amide bonds. The number of hydrogen-bond donors (Lipinski definition) is 1. The van der Waals surface area contributed by atoms with Gasteiger partial charge in [-0.15, -0.1) is 0 Å². The molecule has 0 saturated carbocycles. The second-order valence-electron chi connectivity index (χ2n) is 7.01. The summed E-state index contributed by atoms with van der Waals surface area (Å²) >= 11 is 0. The van der Waals surface area contributed by atoms with Crippen LogP contribution in [0.3, 0.4) is 0 Å². The Morgan fingerprint density at radius 2 is 1.77 bits per heavy atom. The van der Waals surface area contributed by atoms with Crippen molar-refractivity contribution < 1.29 is 28.6 Å². The quantitative estimate of drug-likeness (QED) is 0.705. The fourth-order valence-corrected chi connectivity index (χ4v) is 3.44. The van der Waals surface area contributed by atoms with Crippen LogP contribution in [0.25, 0.3) is 22.1 Å². The Kier molecular flexibility index (Phi) is 5.33. The molecule has 4 rings (SSSR count). The predicted octanol–water partition coefficient (Wildman–Crippen LogP) is 3.70. The second-order valence-corrected chi connectivity index (χ2v) is 7.01. The monoisotopic (exact) mass is 410 g/mol. The van der Waals surface area contributed by atoms with E-state index in [1.54, 1.807) is 11.0 Å². The first-order chi connectivity index (χ1) is 14.5. The Balaban J connectivity index is 1.65. The lowest BCUT2D eigenvalue weighted by molar-refractivity contribution is 0.0303. The number of fused-ring (bicyclic) bond motifs is 1. The maximum Gasteiger partial charge on any atom is 0.413 e. The molecule has 0 spiro atoms. The van der Waals surface area contributed by atoms with Crippen molar-refractivity contribution >= 4 is 28.9 Å². The van der Waals surface area contributed by atoms with E-state index in [1.807, 2.05) is 36.4 Å². The number of furan rings is 1. The molecule has 0 aliphatic carbocycles. The molecular weight excluding hydrogens is 388 g/mol. The van der Waals surface area contributed by atoms with E-state index in [0.717, 1.165) is 21.4 Å². The third-order valence-electron chi connectivity index (χ3n) is 5.17. The smallest absolute Gasteiger partial charge is 0.413 e. The molecule has 30 heavy (non-hydrogen) atoms. The van der Waals surface area contributed by atoms with Crippen molar-refractivity contribution in [2.24, 2.45) is 0 Å². The zero-order valence-electron chi connectivity index (χ0n) is 16.8. The predicted molar refractivity (Wildman–Crippen MR) is 111 cm³/mol. The molecule has 2 heterocycles. The normalized spacial score (nSPS) is 14.0. The van der Waals surface area contributed by atoms with Crippen molar-refractivity contribution in [3.63, 3.8) is 0 Å². The van der Waals surface area contributed by atoms with Gasteiger partial charge in [0, 0.05) is 37.2 Å². The number of ether oxygens (including phenoxy) is 2. The molecule has 8 heteroatoms. The van der Waals surface area contributed by atoms with Gasteiger partial charge < -0.3 is 23.9 Å². The number of benzene rings is 2. The van der Waals surface area contributed by atoms with Crippen molar-refractivity contribution in [3.05, 3.63) is 48.0 Å². The molecule has 0 bridgehead atoms. The van der Waals surface area contributed by atoms with Crippen molar-refractivity contribution in [2.75, 3.05) is 45.4 Å². The van der Waals surface area contributed by atoms with Gasteiger partial charge in [0.05, 0.1) is 20.3 Å². The third kappa shape index (κ3) is 3.69. The zero-order valence-corrected chi connectivity index (χ0v) is 16.8. The summed E-state index contributed by atoms with van der Waals surface area (Å²) < 4.78 is 16.4. The number of hydrogen-bond acceptors (Lipinski definition) is 5. The molecule has 2 aromatic carbocycles. The number of methoxy groups -OCH3 is 1. The van der Waals surface area contributed by atoms with Crippen molar-refractivity contribution in [2.45, 2.75) is 0 Å². The molecule has 1 aromatic heterocycles. The van der Waals surface area contributed by atoms with Crippen LogP contribution in [0.15, 0.2) is 46.9 Å². The highest BCUT2D eigenvalue weighted by molar-refractivity contribution is 5.96. The molecule has 0 radical (unpaired) electrons. The Labute approximate surface area is 173 Å². The lowest BCUT2D eigenvalue weighted by atomic mass is 10.0. The van der Waals surface area contributed by atoms with E-state index >= 15 is 0 Å². The molecule has 1 N–H and O–H groups in total. The van der Waals surface area contributed by atoms with Crippen molar-refractivity contribution in [1.29, 1.82) is 0 Å². The van der Waals surface area contributed by atoms with E-state index in [9.17, 15) is 14.7 Å². The number of anilines is 1.